The molecule has 0 aromatic heterocycles. The third-order valence-electron chi connectivity index (χ3n) is 6.33. The number of benzene rings is 2. The van der Waals surface area contributed by atoms with E-state index in [9.17, 15) is 4.79 Å². The highest BCUT2D eigenvalue weighted by molar-refractivity contribution is 5.78. The number of hydrogen-bond donors (Lipinski definition) is 0. The summed E-state index contributed by atoms with van der Waals surface area (Å²) in [4.78, 5) is 17.5. The fraction of sp³-hybridized carbons (Fsp3) is 0.480. The van der Waals surface area contributed by atoms with E-state index in [1.807, 2.05) is 35.2 Å². The maximum absolute atomic E-state index is 13.3. The predicted octanol–water partition coefficient (Wildman–Crippen LogP) is 3.27. The van der Waals surface area contributed by atoms with Crippen LogP contribution in [-0.2, 0) is 24.3 Å². The molecule has 32 heavy (non-hydrogen) atoms. The van der Waals surface area contributed by atoms with Gasteiger partial charge < -0.3 is 23.8 Å². The molecule has 7 heteroatoms. The predicted molar refractivity (Wildman–Crippen MR) is 122 cm³/mol. The van der Waals surface area contributed by atoms with Gasteiger partial charge in [0.1, 0.15) is 11.5 Å². The van der Waals surface area contributed by atoms with Crippen molar-refractivity contribution in [3.63, 3.8) is 0 Å². The number of hydrogen-bond acceptors (Lipinski definition) is 6. The maximum Gasteiger partial charge on any atom is 0.237 e. The van der Waals surface area contributed by atoms with E-state index in [0.29, 0.717) is 38.0 Å². The minimum atomic E-state index is 0.152. The van der Waals surface area contributed by atoms with Crippen LogP contribution in [0.25, 0.3) is 0 Å². The Kier molecular flexibility index (Phi) is 6.74. The van der Waals surface area contributed by atoms with Gasteiger partial charge in [0.05, 0.1) is 35.0 Å². The van der Waals surface area contributed by atoms with E-state index in [1.54, 1.807) is 28.4 Å². The Labute approximate surface area is 189 Å². The van der Waals surface area contributed by atoms with Gasteiger partial charge in [-0.2, -0.15) is 0 Å². The summed E-state index contributed by atoms with van der Waals surface area (Å²) in [6, 6.07) is 10.3. The van der Waals surface area contributed by atoms with Gasteiger partial charge in [0.15, 0.2) is 11.5 Å². The lowest BCUT2D eigenvalue weighted by molar-refractivity contribution is -0.133. The van der Waals surface area contributed by atoms with Gasteiger partial charge >= 0.3 is 0 Å². The molecule has 1 heterocycles. The average molecular weight is 441 g/mol. The highest BCUT2D eigenvalue weighted by Gasteiger charge is 2.33. The summed E-state index contributed by atoms with van der Waals surface area (Å²) in [5.41, 5.74) is 3.37. The summed E-state index contributed by atoms with van der Waals surface area (Å²) < 4.78 is 21.8. The van der Waals surface area contributed by atoms with Crippen molar-refractivity contribution in [2.75, 3.05) is 41.5 Å². The molecule has 0 radical (unpaired) electrons. The van der Waals surface area contributed by atoms with Crippen molar-refractivity contribution in [3.8, 4) is 23.0 Å². The summed E-state index contributed by atoms with van der Waals surface area (Å²) >= 11 is 0. The van der Waals surface area contributed by atoms with Crippen molar-refractivity contribution >= 4 is 5.91 Å². The normalized spacial score (nSPS) is 15.3. The fourth-order valence-corrected chi connectivity index (χ4v) is 4.35. The molecule has 172 valence electrons. The van der Waals surface area contributed by atoms with Crippen molar-refractivity contribution in [1.82, 2.24) is 9.80 Å². The highest BCUT2D eigenvalue weighted by atomic mass is 16.5. The van der Waals surface area contributed by atoms with Gasteiger partial charge in [-0.3, -0.25) is 9.69 Å². The van der Waals surface area contributed by atoms with Crippen LogP contribution in [0.15, 0.2) is 30.3 Å². The molecular formula is C25H32N2O5. The number of carbonyl (C=O) groups excluding carboxylic acids is 1. The fourth-order valence-electron chi connectivity index (χ4n) is 4.35. The number of methoxy groups -OCH3 is 4. The minimum absolute atomic E-state index is 0.152. The van der Waals surface area contributed by atoms with Gasteiger partial charge in [-0.05, 0) is 60.7 Å². The van der Waals surface area contributed by atoms with Gasteiger partial charge in [0, 0.05) is 31.2 Å². The number of nitrogens with zero attached hydrogens (tertiary/aromatic N) is 2. The Morgan fingerprint density at radius 1 is 0.938 bits per heavy atom. The number of fused-ring (bicyclic) bond motifs is 1. The molecule has 2 aromatic carbocycles. The molecule has 0 saturated heterocycles. The minimum Gasteiger partial charge on any atom is -0.497 e. The van der Waals surface area contributed by atoms with E-state index in [2.05, 4.69) is 4.90 Å². The molecule has 1 saturated carbocycles. The second-order valence-corrected chi connectivity index (χ2v) is 8.36. The second-order valence-electron chi connectivity index (χ2n) is 8.36. The van der Waals surface area contributed by atoms with Crippen molar-refractivity contribution in [2.24, 2.45) is 0 Å². The number of ether oxygens (including phenoxy) is 4. The van der Waals surface area contributed by atoms with Crippen LogP contribution >= 0.6 is 0 Å². The van der Waals surface area contributed by atoms with Crippen LogP contribution in [-0.4, -0.2) is 63.3 Å². The first-order valence-corrected chi connectivity index (χ1v) is 11.0. The first kappa shape index (κ1) is 22.3. The zero-order valence-electron chi connectivity index (χ0n) is 19.3. The van der Waals surface area contributed by atoms with Crippen LogP contribution in [0.2, 0.25) is 0 Å². The first-order valence-electron chi connectivity index (χ1n) is 11.0. The average Bonchev–Trinajstić information content (AvgIpc) is 3.67. The van der Waals surface area contributed by atoms with Crippen molar-refractivity contribution in [2.45, 2.75) is 38.4 Å². The van der Waals surface area contributed by atoms with Crippen LogP contribution in [0, 0.1) is 0 Å². The molecule has 1 fully saturated rings. The molecule has 4 rings (SSSR count). The number of rotatable bonds is 9. The third kappa shape index (κ3) is 4.78. The van der Waals surface area contributed by atoms with Gasteiger partial charge in [0.25, 0.3) is 0 Å². The molecule has 0 spiro atoms. The van der Waals surface area contributed by atoms with Gasteiger partial charge in [-0.15, -0.1) is 0 Å². The SMILES string of the molecule is COc1ccc(OC)c(CN(CC(=O)N2CCc3cc(OC)c(OC)cc3C2)C2CC2)c1. The smallest absolute Gasteiger partial charge is 0.237 e. The summed E-state index contributed by atoms with van der Waals surface area (Å²) in [6.45, 7) is 2.36. The highest BCUT2D eigenvalue weighted by Crippen LogP contribution is 2.34. The molecule has 2 aromatic rings. The second kappa shape index (κ2) is 9.69. The summed E-state index contributed by atoms with van der Waals surface area (Å²) in [6.07, 6.45) is 3.06. The lowest BCUT2D eigenvalue weighted by Gasteiger charge is -2.32. The van der Waals surface area contributed by atoms with Crippen LogP contribution < -0.4 is 18.9 Å². The van der Waals surface area contributed by atoms with Gasteiger partial charge in [-0.25, -0.2) is 0 Å². The van der Waals surface area contributed by atoms with Crippen LogP contribution in [0.5, 0.6) is 23.0 Å². The van der Waals surface area contributed by atoms with Crippen molar-refractivity contribution in [1.29, 1.82) is 0 Å². The Hall–Kier alpha value is -2.93. The lowest BCUT2D eigenvalue weighted by Crippen LogP contribution is -2.43. The standard InChI is InChI=1S/C25H32N2O5/c1-29-21-7-8-22(30-2)19(11-21)15-27(20-5-6-20)16-25(28)26-10-9-17-12-23(31-3)24(32-4)13-18(17)14-26/h7-8,11-13,20H,5-6,9-10,14-16H2,1-4H3. The molecular weight excluding hydrogens is 408 g/mol. The van der Waals surface area contributed by atoms with E-state index in [0.717, 1.165) is 47.6 Å². The molecule has 7 nitrogen and oxygen atoms in total. The van der Waals surface area contributed by atoms with Gasteiger partial charge in [0.2, 0.25) is 5.91 Å². The molecule has 2 aliphatic rings. The number of carbonyl (C=O) groups is 1. The first-order chi connectivity index (χ1) is 15.6. The topological polar surface area (TPSA) is 60.5 Å². The van der Waals surface area contributed by atoms with E-state index in [1.165, 1.54) is 5.56 Å². The zero-order valence-corrected chi connectivity index (χ0v) is 19.3. The van der Waals surface area contributed by atoms with E-state index in [4.69, 9.17) is 18.9 Å². The molecule has 0 bridgehead atoms. The van der Waals surface area contributed by atoms with Gasteiger partial charge in [-0.1, -0.05) is 0 Å². The van der Waals surface area contributed by atoms with Crippen molar-refractivity contribution < 1.29 is 23.7 Å². The molecule has 0 unspecified atom stereocenters. The molecule has 1 aliphatic carbocycles. The van der Waals surface area contributed by atoms with E-state index in [-0.39, 0.29) is 5.91 Å². The van der Waals surface area contributed by atoms with Crippen LogP contribution in [0.4, 0.5) is 0 Å². The zero-order chi connectivity index (χ0) is 22.7. The number of amides is 1. The lowest BCUT2D eigenvalue weighted by atomic mass is 9.98. The molecule has 0 N–H and O–H groups in total. The Morgan fingerprint density at radius 3 is 2.25 bits per heavy atom. The summed E-state index contributed by atoms with van der Waals surface area (Å²) in [7, 11) is 6.61. The Balaban J connectivity index is 1.47. The monoisotopic (exact) mass is 440 g/mol. The Bertz CT molecular complexity index is 973. The molecule has 1 amide bonds. The van der Waals surface area contributed by atoms with E-state index >= 15 is 0 Å². The summed E-state index contributed by atoms with van der Waals surface area (Å²) in [5, 5.41) is 0. The largest absolute Gasteiger partial charge is 0.497 e. The summed E-state index contributed by atoms with van der Waals surface area (Å²) in [5.74, 6) is 3.19. The van der Waals surface area contributed by atoms with E-state index < -0.39 is 0 Å². The van der Waals surface area contributed by atoms with Crippen LogP contribution in [0.1, 0.15) is 29.5 Å². The quantitative estimate of drug-likeness (QED) is 0.597. The molecule has 1 aliphatic heterocycles. The molecule has 0 atom stereocenters. The van der Waals surface area contributed by atoms with Crippen LogP contribution in [0.3, 0.4) is 0 Å². The Morgan fingerprint density at radius 2 is 1.62 bits per heavy atom. The van der Waals surface area contributed by atoms with Crippen molar-refractivity contribution in [3.05, 3.63) is 47.0 Å². The third-order valence-corrected chi connectivity index (χ3v) is 6.33. The maximum atomic E-state index is 13.3.